The lowest BCUT2D eigenvalue weighted by atomic mass is 10.1. The molecule has 3 heteroatoms. The van der Waals surface area contributed by atoms with Crippen LogP contribution in [0.4, 0.5) is 0 Å². The zero-order chi connectivity index (χ0) is 25.5. The number of aromatic nitrogens is 2. The van der Waals surface area contributed by atoms with Crippen molar-refractivity contribution >= 4 is 75.1 Å². The van der Waals surface area contributed by atoms with Gasteiger partial charge in [0.1, 0.15) is 0 Å². The topological polar surface area (TPSA) is 9.86 Å². The van der Waals surface area contributed by atoms with Gasteiger partial charge in [0.2, 0.25) is 0 Å². The van der Waals surface area contributed by atoms with Crippen LogP contribution in [0.25, 0.3) is 75.2 Å². The Morgan fingerprint density at radius 2 is 1.00 bits per heavy atom. The van der Waals surface area contributed by atoms with Crippen molar-refractivity contribution in [1.29, 1.82) is 0 Å². The van der Waals surface area contributed by atoms with E-state index in [9.17, 15) is 0 Å². The van der Waals surface area contributed by atoms with Crippen LogP contribution in [0.1, 0.15) is 0 Å². The van der Waals surface area contributed by atoms with E-state index in [1.807, 2.05) is 11.3 Å². The normalized spacial score (nSPS) is 12.1. The summed E-state index contributed by atoms with van der Waals surface area (Å²) in [4.78, 5) is 0. The summed E-state index contributed by atoms with van der Waals surface area (Å²) < 4.78 is 7.54. The first kappa shape index (κ1) is 21.1. The lowest BCUT2D eigenvalue weighted by Gasteiger charge is -2.11. The highest BCUT2D eigenvalue weighted by atomic mass is 32.1. The summed E-state index contributed by atoms with van der Waals surface area (Å²) in [6.07, 6.45) is 0. The SMILES string of the molecule is c1ccc(-n2c3ccccc3c3ccc(-n4c5ccccc5c5c6sc7ccccc7c6ccc54)cc32)cc1. The van der Waals surface area contributed by atoms with Gasteiger partial charge in [-0.25, -0.2) is 0 Å². The molecule has 0 saturated carbocycles. The summed E-state index contributed by atoms with van der Waals surface area (Å²) in [5.74, 6) is 0. The Kier molecular flexibility index (Phi) is 4.24. The van der Waals surface area contributed by atoms with E-state index in [4.69, 9.17) is 0 Å². The molecule has 9 rings (SSSR count). The molecule has 0 atom stereocenters. The largest absolute Gasteiger partial charge is 0.309 e. The third-order valence-corrected chi connectivity index (χ3v) is 9.31. The zero-order valence-electron chi connectivity index (χ0n) is 21.0. The predicted molar refractivity (Wildman–Crippen MR) is 168 cm³/mol. The molecule has 0 N–H and O–H groups in total. The maximum Gasteiger partial charge on any atom is 0.0561 e. The minimum atomic E-state index is 1.18. The summed E-state index contributed by atoms with van der Waals surface area (Å²) in [7, 11) is 0. The second-order valence-corrected chi connectivity index (χ2v) is 11.2. The van der Waals surface area contributed by atoms with Crippen LogP contribution in [0.5, 0.6) is 0 Å². The van der Waals surface area contributed by atoms with E-state index in [1.165, 1.54) is 75.2 Å². The fraction of sp³-hybridized carbons (Fsp3) is 0. The second-order valence-electron chi connectivity index (χ2n) is 10.2. The zero-order valence-corrected chi connectivity index (χ0v) is 21.8. The van der Waals surface area contributed by atoms with Crippen LogP contribution in [-0.4, -0.2) is 9.13 Å². The van der Waals surface area contributed by atoms with Crippen LogP contribution in [0.3, 0.4) is 0 Å². The average molecular weight is 515 g/mol. The van der Waals surface area contributed by atoms with Crippen molar-refractivity contribution in [2.45, 2.75) is 0 Å². The summed E-state index contributed by atoms with van der Waals surface area (Å²) in [6, 6.07) is 48.6. The first-order valence-corrected chi connectivity index (χ1v) is 14.1. The van der Waals surface area contributed by atoms with E-state index in [2.05, 4.69) is 143 Å². The monoisotopic (exact) mass is 514 g/mol. The summed E-state index contributed by atoms with van der Waals surface area (Å²) in [5, 5.41) is 7.86. The number of hydrogen-bond donors (Lipinski definition) is 0. The van der Waals surface area contributed by atoms with Gasteiger partial charge in [-0.2, -0.15) is 0 Å². The van der Waals surface area contributed by atoms with Crippen molar-refractivity contribution in [3.05, 3.63) is 133 Å². The number of rotatable bonds is 2. The summed E-state index contributed by atoms with van der Waals surface area (Å²) in [5.41, 5.74) is 7.28. The Labute approximate surface area is 228 Å². The molecule has 0 aliphatic rings. The van der Waals surface area contributed by atoms with Gasteiger partial charge in [0.05, 0.1) is 22.1 Å². The molecule has 39 heavy (non-hydrogen) atoms. The molecule has 6 aromatic carbocycles. The molecular weight excluding hydrogens is 492 g/mol. The highest BCUT2D eigenvalue weighted by Gasteiger charge is 2.19. The lowest BCUT2D eigenvalue weighted by molar-refractivity contribution is 1.15. The highest BCUT2D eigenvalue weighted by molar-refractivity contribution is 7.26. The van der Waals surface area contributed by atoms with Gasteiger partial charge in [-0.05, 0) is 48.5 Å². The lowest BCUT2D eigenvalue weighted by Crippen LogP contribution is -1.96. The van der Waals surface area contributed by atoms with E-state index >= 15 is 0 Å². The molecule has 2 nitrogen and oxygen atoms in total. The minimum Gasteiger partial charge on any atom is -0.309 e. The molecule has 182 valence electrons. The first-order chi connectivity index (χ1) is 19.4. The van der Waals surface area contributed by atoms with Crippen LogP contribution in [-0.2, 0) is 0 Å². The second kappa shape index (κ2) is 7.83. The minimum absolute atomic E-state index is 1.18. The molecule has 0 radical (unpaired) electrons. The molecule has 0 aliphatic carbocycles. The van der Waals surface area contributed by atoms with Crippen LogP contribution < -0.4 is 0 Å². The molecule has 0 unspecified atom stereocenters. The van der Waals surface area contributed by atoms with Crippen molar-refractivity contribution < 1.29 is 0 Å². The van der Waals surface area contributed by atoms with Gasteiger partial charge in [0, 0.05) is 53.1 Å². The first-order valence-electron chi connectivity index (χ1n) is 13.3. The van der Waals surface area contributed by atoms with Gasteiger partial charge < -0.3 is 9.13 Å². The van der Waals surface area contributed by atoms with Crippen LogP contribution in [0.2, 0.25) is 0 Å². The molecule has 0 aliphatic heterocycles. The number of benzene rings is 6. The number of hydrogen-bond acceptors (Lipinski definition) is 1. The van der Waals surface area contributed by atoms with Gasteiger partial charge in [-0.3, -0.25) is 0 Å². The van der Waals surface area contributed by atoms with E-state index in [-0.39, 0.29) is 0 Å². The van der Waals surface area contributed by atoms with Gasteiger partial charge in [0.25, 0.3) is 0 Å². The van der Waals surface area contributed by atoms with E-state index in [0.717, 1.165) is 0 Å². The quantitative estimate of drug-likeness (QED) is 0.217. The summed E-state index contributed by atoms with van der Waals surface area (Å²) >= 11 is 1.90. The Balaban J connectivity index is 1.41. The Hall–Kier alpha value is -4.86. The Morgan fingerprint density at radius 3 is 1.85 bits per heavy atom. The van der Waals surface area contributed by atoms with Crippen molar-refractivity contribution in [2.24, 2.45) is 0 Å². The fourth-order valence-corrected chi connectivity index (χ4v) is 7.73. The Bertz CT molecular complexity index is 2390. The third-order valence-electron chi connectivity index (χ3n) is 8.11. The average Bonchev–Trinajstić information content (AvgIpc) is 3.64. The number of fused-ring (bicyclic) bond motifs is 10. The van der Waals surface area contributed by atoms with Crippen molar-refractivity contribution in [3.8, 4) is 11.4 Å². The highest BCUT2D eigenvalue weighted by Crippen LogP contribution is 2.43. The van der Waals surface area contributed by atoms with Crippen molar-refractivity contribution in [2.75, 3.05) is 0 Å². The Morgan fingerprint density at radius 1 is 0.385 bits per heavy atom. The molecule has 0 amide bonds. The molecule has 9 aromatic rings. The number of para-hydroxylation sites is 3. The molecule has 0 bridgehead atoms. The maximum atomic E-state index is 2.45. The van der Waals surface area contributed by atoms with Crippen LogP contribution >= 0.6 is 11.3 Å². The molecule has 0 saturated heterocycles. The van der Waals surface area contributed by atoms with Crippen molar-refractivity contribution in [1.82, 2.24) is 9.13 Å². The van der Waals surface area contributed by atoms with E-state index < -0.39 is 0 Å². The molecule has 0 fully saturated rings. The third kappa shape index (κ3) is 2.85. The van der Waals surface area contributed by atoms with E-state index in [1.54, 1.807) is 0 Å². The van der Waals surface area contributed by atoms with Crippen molar-refractivity contribution in [3.63, 3.8) is 0 Å². The number of nitrogens with zero attached hydrogens (tertiary/aromatic N) is 2. The van der Waals surface area contributed by atoms with Gasteiger partial charge in [0.15, 0.2) is 0 Å². The molecule has 3 aromatic heterocycles. The smallest absolute Gasteiger partial charge is 0.0561 e. The fourth-order valence-electron chi connectivity index (χ4n) is 6.47. The molecule has 3 heterocycles. The summed E-state index contributed by atoms with van der Waals surface area (Å²) in [6.45, 7) is 0. The van der Waals surface area contributed by atoms with Crippen LogP contribution in [0, 0.1) is 0 Å². The van der Waals surface area contributed by atoms with Gasteiger partial charge >= 0.3 is 0 Å². The van der Waals surface area contributed by atoms with Gasteiger partial charge in [-0.15, -0.1) is 11.3 Å². The molecular formula is C36H22N2S. The van der Waals surface area contributed by atoms with Crippen LogP contribution in [0.15, 0.2) is 133 Å². The standard InChI is InChI=1S/C36H22N2S/c1-2-10-23(11-3-1)37-30-15-7-4-12-25(30)26-19-18-24(22-33(26)37)38-31-16-8-5-14-29(31)35-32(38)21-20-28-27-13-6-9-17-34(27)39-36(28)35/h1-22H. The molecule has 0 spiro atoms. The number of thiophene rings is 1. The van der Waals surface area contributed by atoms with E-state index in [0.29, 0.717) is 0 Å². The predicted octanol–water partition coefficient (Wildman–Crippen LogP) is 10.2. The maximum absolute atomic E-state index is 2.45. The van der Waals surface area contributed by atoms with Gasteiger partial charge in [-0.1, -0.05) is 84.9 Å².